The van der Waals surface area contributed by atoms with Crippen molar-refractivity contribution in [3.63, 3.8) is 0 Å². The molecule has 0 spiro atoms. The molecule has 1 aliphatic carbocycles. The van der Waals surface area contributed by atoms with Gasteiger partial charge in [0.2, 0.25) is 0 Å². The van der Waals surface area contributed by atoms with Crippen LogP contribution in [0.25, 0.3) is 0 Å². The molecule has 0 bridgehead atoms. The van der Waals surface area contributed by atoms with E-state index in [0.717, 1.165) is 6.42 Å². The molecule has 6 heavy (non-hydrogen) atoms. The molecule has 0 N–H and O–H groups in total. The van der Waals surface area contributed by atoms with Crippen molar-refractivity contribution < 1.29 is 0 Å². The Bertz CT molecular complexity index is 90.6. The lowest BCUT2D eigenvalue weighted by atomic mass is 10.5. The molecule has 1 heteroatoms. The van der Waals surface area contributed by atoms with Crippen molar-refractivity contribution in [1.82, 2.24) is 0 Å². The Hall–Kier alpha value is -0.150. The molecule has 0 amide bonds. The van der Waals surface area contributed by atoms with Crippen LogP contribution in [0.5, 0.6) is 0 Å². The zero-order valence-corrected chi connectivity index (χ0v) is 4.07. The van der Waals surface area contributed by atoms with Gasteiger partial charge in [-0.15, -0.1) is 23.9 Å². The summed E-state index contributed by atoms with van der Waals surface area (Å²) in [5.41, 5.74) is 0. The minimum absolute atomic E-state index is 0.301. The van der Waals surface area contributed by atoms with Crippen LogP contribution in [0.3, 0.4) is 0 Å². The van der Waals surface area contributed by atoms with E-state index in [1.54, 1.807) is 0 Å². The molecular weight excluding hydrogens is 95.5 g/mol. The molecule has 0 aromatic heterocycles. The third-order valence-corrected chi connectivity index (χ3v) is 1.41. The highest BCUT2D eigenvalue weighted by atomic mass is 35.5. The fourth-order valence-electron chi connectivity index (χ4n) is 0.336. The molecule has 0 radical (unpaired) electrons. The molecule has 1 fully saturated rings. The van der Waals surface area contributed by atoms with Gasteiger partial charge in [0.1, 0.15) is 0 Å². The quantitative estimate of drug-likeness (QED) is 0.318. The molecule has 0 heterocycles. The number of halogens is 1. The van der Waals surface area contributed by atoms with Crippen LogP contribution in [0.4, 0.5) is 0 Å². The van der Waals surface area contributed by atoms with E-state index < -0.39 is 0 Å². The van der Waals surface area contributed by atoms with Crippen LogP contribution in [0.2, 0.25) is 0 Å². The van der Waals surface area contributed by atoms with Gasteiger partial charge in [-0.2, -0.15) is 0 Å². The second-order valence-electron chi connectivity index (χ2n) is 1.52. The van der Waals surface area contributed by atoms with E-state index >= 15 is 0 Å². The standard InChI is InChI=1S/C5H5Cl/c1-2-4-3-5(4)6/h1,4-5H,3H2. The molecule has 1 aliphatic rings. The second-order valence-corrected chi connectivity index (χ2v) is 2.09. The molecular formula is C5H5Cl. The number of hydrogen-bond acceptors (Lipinski definition) is 0. The van der Waals surface area contributed by atoms with Crippen molar-refractivity contribution in [2.24, 2.45) is 5.92 Å². The van der Waals surface area contributed by atoms with Crippen molar-refractivity contribution in [2.45, 2.75) is 11.8 Å². The predicted octanol–water partition coefficient (Wildman–Crippen LogP) is 1.25. The topological polar surface area (TPSA) is 0 Å². The first-order valence-corrected chi connectivity index (χ1v) is 2.38. The first kappa shape index (κ1) is 4.02. The van der Waals surface area contributed by atoms with Gasteiger partial charge in [-0.1, -0.05) is 0 Å². The predicted molar refractivity (Wildman–Crippen MR) is 26.6 cm³/mol. The fourth-order valence-corrected chi connectivity index (χ4v) is 0.601. The zero-order valence-electron chi connectivity index (χ0n) is 3.32. The van der Waals surface area contributed by atoms with Gasteiger partial charge >= 0.3 is 0 Å². The van der Waals surface area contributed by atoms with Crippen LogP contribution in [-0.2, 0) is 0 Å². The van der Waals surface area contributed by atoms with Crippen LogP contribution in [0, 0.1) is 18.3 Å². The summed E-state index contributed by atoms with van der Waals surface area (Å²) in [6, 6.07) is 0. The van der Waals surface area contributed by atoms with Crippen LogP contribution in [0.15, 0.2) is 0 Å². The third-order valence-electron chi connectivity index (χ3n) is 0.927. The highest BCUT2D eigenvalue weighted by Gasteiger charge is 2.32. The lowest BCUT2D eigenvalue weighted by Crippen LogP contribution is -1.66. The Morgan fingerprint density at radius 1 is 1.83 bits per heavy atom. The van der Waals surface area contributed by atoms with Gasteiger partial charge in [0, 0.05) is 11.3 Å². The number of alkyl halides is 1. The van der Waals surface area contributed by atoms with Crippen LogP contribution in [0.1, 0.15) is 6.42 Å². The van der Waals surface area contributed by atoms with Gasteiger partial charge in [0.05, 0.1) is 0 Å². The molecule has 32 valence electrons. The fraction of sp³-hybridized carbons (Fsp3) is 0.600. The van der Waals surface area contributed by atoms with Gasteiger partial charge in [-0.3, -0.25) is 0 Å². The Labute approximate surface area is 42.5 Å². The third kappa shape index (κ3) is 0.507. The number of rotatable bonds is 0. The Morgan fingerprint density at radius 3 is 2.33 bits per heavy atom. The maximum atomic E-state index is 5.51. The lowest BCUT2D eigenvalue weighted by molar-refractivity contribution is 1.19. The first-order chi connectivity index (χ1) is 2.84. The highest BCUT2D eigenvalue weighted by molar-refractivity contribution is 6.22. The smallest absolute Gasteiger partial charge is 0.0486 e. The summed E-state index contributed by atoms with van der Waals surface area (Å²) in [5, 5.41) is 0.301. The number of hydrogen-bond donors (Lipinski definition) is 0. The SMILES string of the molecule is C#CC1CC1Cl. The minimum atomic E-state index is 0.301. The van der Waals surface area contributed by atoms with E-state index in [9.17, 15) is 0 Å². The van der Waals surface area contributed by atoms with Crippen LogP contribution >= 0.6 is 11.6 Å². The van der Waals surface area contributed by atoms with Gasteiger partial charge in [0.25, 0.3) is 0 Å². The second kappa shape index (κ2) is 1.17. The summed E-state index contributed by atoms with van der Waals surface area (Å²) < 4.78 is 0. The summed E-state index contributed by atoms with van der Waals surface area (Å²) in [6.45, 7) is 0. The van der Waals surface area contributed by atoms with Crippen molar-refractivity contribution in [3.8, 4) is 12.3 Å². The van der Waals surface area contributed by atoms with Gasteiger partial charge < -0.3 is 0 Å². The molecule has 0 aromatic rings. The molecule has 0 saturated heterocycles. The van der Waals surface area contributed by atoms with Gasteiger partial charge in [0.15, 0.2) is 0 Å². The summed E-state index contributed by atoms with van der Waals surface area (Å²) in [5.74, 6) is 2.95. The Kier molecular flexibility index (Phi) is 0.782. The molecule has 1 saturated carbocycles. The largest absolute Gasteiger partial charge is 0.122 e. The molecule has 0 aromatic carbocycles. The normalized spacial score (nSPS) is 41.3. The van der Waals surface area contributed by atoms with E-state index in [2.05, 4.69) is 5.92 Å². The van der Waals surface area contributed by atoms with E-state index in [-0.39, 0.29) is 0 Å². The van der Waals surface area contributed by atoms with Gasteiger partial charge in [-0.05, 0) is 6.42 Å². The average molecular weight is 101 g/mol. The molecule has 0 aliphatic heterocycles. The van der Waals surface area contributed by atoms with Crippen molar-refractivity contribution in [1.29, 1.82) is 0 Å². The first-order valence-electron chi connectivity index (χ1n) is 1.95. The van der Waals surface area contributed by atoms with E-state index in [1.807, 2.05) is 0 Å². The summed E-state index contributed by atoms with van der Waals surface area (Å²) in [6.07, 6.45) is 6.02. The highest BCUT2D eigenvalue weighted by Crippen LogP contribution is 2.34. The van der Waals surface area contributed by atoms with Gasteiger partial charge in [-0.25, -0.2) is 0 Å². The summed E-state index contributed by atoms with van der Waals surface area (Å²) in [7, 11) is 0. The van der Waals surface area contributed by atoms with Crippen molar-refractivity contribution in [3.05, 3.63) is 0 Å². The van der Waals surface area contributed by atoms with Crippen molar-refractivity contribution in [2.75, 3.05) is 0 Å². The lowest BCUT2D eigenvalue weighted by Gasteiger charge is -1.66. The summed E-state index contributed by atoms with van der Waals surface area (Å²) >= 11 is 5.51. The monoisotopic (exact) mass is 100 g/mol. The maximum absolute atomic E-state index is 5.51. The van der Waals surface area contributed by atoms with E-state index in [0.29, 0.717) is 11.3 Å². The molecule has 1 rings (SSSR count). The molecule has 0 nitrogen and oxygen atoms in total. The van der Waals surface area contributed by atoms with Crippen molar-refractivity contribution >= 4 is 11.6 Å². The van der Waals surface area contributed by atoms with E-state index in [1.165, 1.54) is 0 Å². The van der Waals surface area contributed by atoms with Crippen LogP contribution in [-0.4, -0.2) is 5.38 Å². The molecule has 2 unspecified atom stereocenters. The molecule has 2 atom stereocenters. The number of terminal acetylenes is 1. The zero-order chi connectivity index (χ0) is 4.57. The maximum Gasteiger partial charge on any atom is 0.0486 e. The van der Waals surface area contributed by atoms with E-state index in [4.69, 9.17) is 18.0 Å². The minimum Gasteiger partial charge on any atom is -0.122 e. The summed E-state index contributed by atoms with van der Waals surface area (Å²) in [4.78, 5) is 0. The van der Waals surface area contributed by atoms with Crippen LogP contribution < -0.4 is 0 Å². The average Bonchev–Trinajstić information content (AvgIpc) is 2.19. The Balaban J connectivity index is 2.31. The Morgan fingerprint density at radius 2 is 2.33 bits per heavy atom.